The fourth-order valence-electron chi connectivity index (χ4n) is 3.11. The third kappa shape index (κ3) is 2.75. The van der Waals surface area contributed by atoms with Gasteiger partial charge in [0.2, 0.25) is 0 Å². The highest BCUT2D eigenvalue weighted by molar-refractivity contribution is 9.10. The molecule has 1 saturated carbocycles. The molecular formula is C15H16BrN3O2S. The molecule has 1 aromatic carbocycles. The monoisotopic (exact) mass is 381 g/mol. The summed E-state index contributed by atoms with van der Waals surface area (Å²) in [6.45, 7) is 0. The fourth-order valence-corrected chi connectivity index (χ4v) is 3.66. The van der Waals surface area contributed by atoms with Gasteiger partial charge in [-0.15, -0.1) is 0 Å². The van der Waals surface area contributed by atoms with E-state index >= 15 is 0 Å². The van der Waals surface area contributed by atoms with Gasteiger partial charge in [-0.3, -0.25) is 9.89 Å². The van der Waals surface area contributed by atoms with E-state index in [-0.39, 0.29) is 17.8 Å². The highest BCUT2D eigenvalue weighted by Crippen LogP contribution is 2.46. The number of aromatic amines is 1. The Hall–Kier alpha value is -1.47. The molecule has 0 bridgehead atoms. The number of nitrogens with one attached hydrogen (secondary N) is 1. The maximum absolute atomic E-state index is 11.1. The zero-order valence-electron chi connectivity index (χ0n) is 12.0. The standard InChI is InChI=1S/C15H16BrN3O2S/c1-19-13(17-18-15(19)22)12(8-3-2-4-11(16)7-8)9-5-10(6-9)14(20)21/h2-4,7,9-10,12H,5-6H2,1H3,(H,18,22)(H,20,21). The lowest BCUT2D eigenvalue weighted by Crippen LogP contribution is -2.35. The molecule has 7 heteroatoms. The maximum Gasteiger partial charge on any atom is 0.306 e. The van der Waals surface area contributed by atoms with Crippen molar-refractivity contribution in [2.24, 2.45) is 18.9 Å². The van der Waals surface area contributed by atoms with Gasteiger partial charge < -0.3 is 9.67 Å². The zero-order chi connectivity index (χ0) is 15.9. The summed E-state index contributed by atoms with van der Waals surface area (Å²) in [6, 6.07) is 8.09. The van der Waals surface area contributed by atoms with Crippen LogP contribution in [-0.2, 0) is 11.8 Å². The Bertz CT molecular complexity index is 764. The Kier molecular flexibility index (Phi) is 4.18. The Labute approximate surface area is 141 Å². The van der Waals surface area contributed by atoms with E-state index in [4.69, 9.17) is 17.3 Å². The molecule has 5 nitrogen and oxygen atoms in total. The number of rotatable bonds is 4. The van der Waals surface area contributed by atoms with Crippen molar-refractivity contribution >= 4 is 34.1 Å². The number of carboxylic acids is 1. The molecule has 0 saturated heterocycles. The van der Waals surface area contributed by atoms with Crippen molar-refractivity contribution in [2.45, 2.75) is 18.8 Å². The summed E-state index contributed by atoms with van der Waals surface area (Å²) in [4.78, 5) is 11.1. The van der Waals surface area contributed by atoms with Crippen LogP contribution in [0.5, 0.6) is 0 Å². The molecule has 116 valence electrons. The van der Waals surface area contributed by atoms with Crippen LogP contribution in [0, 0.1) is 16.6 Å². The van der Waals surface area contributed by atoms with Crippen molar-refractivity contribution in [1.82, 2.24) is 14.8 Å². The number of carboxylic acid groups (broad SMARTS) is 1. The van der Waals surface area contributed by atoms with Crippen LogP contribution < -0.4 is 0 Å². The average Bonchev–Trinajstić information content (AvgIpc) is 2.73. The first-order valence-electron chi connectivity index (χ1n) is 7.07. The molecule has 22 heavy (non-hydrogen) atoms. The minimum Gasteiger partial charge on any atom is -0.481 e. The van der Waals surface area contributed by atoms with Crippen molar-refractivity contribution in [1.29, 1.82) is 0 Å². The lowest BCUT2D eigenvalue weighted by atomic mass is 9.66. The predicted octanol–water partition coefficient (Wildman–Crippen LogP) is 3.48. The molecular weight excluding hydrogens is 366 g/mol. The normalized spacial score (nSPS) is 22.1. The quantitative estimate of drug-likeness (QED) is 0.795. The zero-order valence-corrected chi connectivity index (χ0v) is 14.4. The van der Waals surface area contributed by atoms with Crippen molar-refractivity contribution < 1.29 is 9.90 Å². The molecule has 1 heterocycles. The number of hydrogen-bond donors (Lipinski definition) is 2. The van der Waals surface area contributed by atoms with E-state index in [0.717, 1.165) is 15.9 Å². The molecule has 0 aliphatic heterocycles. The van der Waals surface area contributed by atoms with E-state index in [2.05, 4.69) is 38.3 Å². The van der Waals surface area contributed by atoms with E-state index in [1.807, 2.05) is 23.7 Å². The van der Waals surface area contributed by atoms with Crippen molar-refractivity contribution in [2.75, 3.05) is 0 Å². The van der Waals surface area contributed by atoms with E-state index in [1.54, 1.807) is 0 Å². The Balaban J connectivity index is 1.98. The summed E-state index contributed by atoms with van der Waals surface area (Å²) in [7, 11) is 1.89. The average molecular weight is 382 g/mol. The van der Waals surface area contributed by atoms with Gasteiger partial charge in [-0.2, -0.15) is 5.10 Å². The molecule has 3 rings (SSSR count). The number of aliphatic carboxylic acids is 1. The van der Waals surface area contributed by atoms with Crippen LogP contribution in [-0.4, -0.2) is 25.8 Å². The van der Waals surface area contributed by atoms with Gasteiger partial charge in [0.25, 0.3) is 0 Å². The first kappa shape index (κ1) is 15.4. The van der Waals surface area contributed by atoms with E-state index in [9.17, 15) is 4.79 Å². The first-order chi connectivity index (χ1) is 10.5. The van der Waals surface area contributed by atoms with Crippen LogP contribution in [0.2, 0.25) is 0 Å². The first-order valence-corrected chi connectivity index (χ1v) is 8.27. The summed E-state index contributed by atoms with van der Waals surface area (Å²) in [5.74, 6) is 0.216. The SMILES string of the molecule is Cn1c(C(c2cccc(Br)c2)C2CC(C(=O)O)C2)n[nH]c1=S. The number of carbonyl (C=O) groups is 1. The van der Waals surface area contributed by atoms with Crippen LogP contribution in [0.4, 0.5) is 0 Å². The summed E-state index contributed by atoms with van der Waals surface area (Å²) in [5.41, 5.74) is 1.13. The second-order valence-corrected chi connectivity index (χ2v) is 7.05. The number of hydrogen-bond acceptors (Lipinski definition) is 3. The number of H-pyrrole nitrogens is 1. The minimum absolute atomic E-state index is 0.0473. The number of halogens is 1. The molecule has 2 aromatic rings. The van der Waals surface area contributed by atoms with Gasteiger partial charge in [0.05, 0.1) is 5.92 Å². The highest BCUT2D eigenvalue weighted by Gasteiger charge is 2.41. The maximum atomic E-state index is 11.1. The topological polar surface area (TPSA) is 70.9 Å². The van der Waals surface area contributed by atoms with Crippen molar-refractivity contribution in [3.8, 4) is 0 Å². The fraction of sp³-hybridized carbons (Fsp3) is 0.400. The molecule has 1 fully saturated rings. The van der Waals surface area contributed by atoms with Gasteiger partial charge in [-0.05, 0) is 48.7 Å². The summed E-state index contributed by atoms with van der Waals surface area (Å²) in [5, 5.41) is 16.3. The molecule has 0 radical (unpaired) electrons. The molecule has 0 amide bonds. The van der Waals surface area contributed by atoms with Gasteiger partial charge in [0.1, 0.15) is 5.82 Å². The van der Waals surface area contributed by atoms with Gasteiger partial charge >= 0.3 is 5.97 Å². The summed E-state index contributed by atoms with van der Waals surface area (Å²) in [6.07, 6.45) is 1.35. The molecule has 1 aliphatic rings. The summed E-state index contributed by atoms with van der Waals surface area (Å²) >= 11 is 8.72. The number of nitrogens with zero attached hydrogens (tertiary/aromatic N) is 2. The third-order valence-corrected chi connectivity index (χ3v) is 5.25. The molecule has 0 spiro atoms. The molecule has 1 aliphatic carbocycles. The van der Waals surface area contributed by atoms with E-state index in [1.165, 1.54) is 0 Å². The van der Waals surface area contributed by atoms with E-state index < -0.39 is 5.97 Å². The molecule has 2 N–H and O–H groups in total. The van der Waals surface area contributed by atoms with Crippen molar-refractivity contribution in [3.63, 3.8) is 0 Å². The number of benzene rings is 1. The van der Waals surface area contributed by atoms with Crippen LogP contribution in [0.25, 0.3) is 0 Å². The van der Waals surface area contributed by atoms with Gasteiger partial charge in [-0.25, -0.2) is 0 Å². The minimum atomic E-state index is -0.709. The Morgan fingerprint density at radius 1 is 1.55 bits per heavy atom. The lowest BCUT2D eigenvalue weighted by Gasteiger charge is -2.38. The van der Waals surface area contributed by atoms with Crippen LogP contribution in [0.1, 0.15) is 30.1 Å². The van der Waals surface area contributed by atoms with Crippen LogP contribution in [0.3, 0.4) is 0 Å². The third-order valence-electron chi connectivity index (χ3n) is 4.40. The van der Waals surface area contributed by atoms with E-state index in [0.29, 0.717) is 17.6 Å². The molecule has 1 atom stereocenters. The van der Waals surface area contributed by atoms with Crippen molar-refractivity contribution in [3.05, 3.63) is 44.9 Å². The van der Waals surface area contributed by atoms with Gasteiger partial charge in [-0.1, -0.05) is 28.1 Å². The van der Waals surface area contributed by atoms with Crippen LogP contribution >= 0.6 is 28.1 Å². The summed E-state index contributed by atoms with van der Waals surface area (Å²) < 4.78 is 3.44. The largest absolute Gasteiger partial charge is 0.481 e. The van der Waals surface area contributed by atoms with Gasteiger partial charge in [0.15, 0.2) is 4.77 Å². The highest BCUT2D eigenvalue weighted by atomic mass is 79.9. The smallest absolute Gasteiger partial charge is 0.306 e. The second-order valence-electron chi connectivity index (χ2n) is 5.75. The Morgan fingerprint density at radius 2 is 2.27 bits per heavy atom. The Morgan fingerprint density at radius 3 is 2.82 bits per heavy atom. The molecule has 1 unspecified atom stereocenters. The number of aromatic nitrogens is 3. The lowest BCUT2D eigenvalue weighted by molar-refractivity contribution is -0.146. The second kappa shape index (κ2) is 5.96. The predicted molar refractivity (Wildman–Crippen MR) is 88.2 cm³/mol. The van der Waals surface area contributed by atoms with Gasteiger partial charge in [0, 0.05) is 17.4 Å². The molecule has 1 aromatic heterocycles. The van der Waals surface area contributed by atoms with Crippen LogP contribution in [0.15, 0.2) is 28.7 Å².